The third kappa shape index (κ3) is 4.28. The first kappa shape index (κ1) is 14.5. The maximum atomic E-state index is 6.05. The van der Waals surface area contributed by atoms with E-state index >= 15 is 0 Å². The maximum Gasteiger partial charge on any atom is 0.131 e. The molecule has 3 nitrogen and oxygen atoms in total. The monoisotopic (exact) mass is 299 g/mol. The van der Waals surface area contributed by atoms with Crippen LogP contribution in [0.4, 0.5) is 5.82 Å². The number of pyridine rings is 1. The SMILES string of the molecule is Cc1cc(Br)cnc1N(C)CCC(N)C(C)C. The molecule has 0 spiro atoms. The Kier molecular flexibility index (Phi) is 5.40. The number of nitrogens with two attached hydrogens (primary N) is 1. The predicted molar refractivity (Wildman–Crippen MR) is 77.4 cm³/mol. The molecule has 0 saturated carbocycles. The van der Waals surface area contributed by atoms with Crippen molar-refractivity contribution in [3.8, 4) is 0 Å². The van der Waals surface area contributed by atoms with Gasteiger partial charge in [-0.1, -0.05) is 13.8 Å². The zero-order valence-electron chi connectivity index (χ0n) is 11.1. The maximum absolute atomic E-state index is 6.05. The molecule has 1 heterocycles. The van der Waals surface area contributed by atoms with Crippen LogP contribution in [0.1, 0.15) is 25.8 Å². The number of aromatic nitrogens is 1. The van der Waals surface area contributed by atoms with Crippen LogP contribution in [-0.2, 0) is 0 Å². The molecule has 0 aliphatic carbocycles. The van der Waals surface area contributed by atoms with Gasteiger partial charge in [-0.2, -0.15) is 0 Å². The molecule has 0 amide bonds. The Morgan fingerprint density at radius 2 is 2.12 bits per heavy atom. The minimum Gasteiger partial charge on any atom is -0.359 e. The summed E-state index contributed by atoms with van der Waals surface area (Å²) < 4.78 is 1.02. The molecule has 0 aromatic carbocycles. The number of hydrogen-bond acceptors (Lipinski definition) is 3. The lowest BCUT2D eigenvalue weighted by Gasteiger charge is -2.23. The zero-order chi connectivity index (χ0) is 13.0. The van der Waals surface area contributed by atoms with Crippen LogP contribution in [0, 0.1) is 12.8 Å². The summed E-state index contributed by atoms with van der Waals surface area (Å²) in [4.78, 5) is 6.61. The van der Waals surface area contributed by atoms with Crippen molar-refractivity contribution in [1.29, 1.82) is 0 Å². The van der Waals surface area contributed by atoms with Gasteiger partial charge in [-0.05, 0) is 46.8 Å². The summed E-state index contributed by atoms with van der Waals surface area (Å²) in [6.45, 7) is 7.34. The van der Waals surface area contributed by atoms with Crippen LogP contribution in [0.25, 0.3) is 0 Å². The first-order valence-electron chi connectivity index (χ1n) is 6.00. The summed E-state index contributed by atoms with van der Waals surface area (Å²) in [6, 6.07) is 2.34. The smallest absolute Gasteiger partial charge is 0.131 e. The van der Waals surface area contributed by atoms with Crippen LogP contribution >= 0.6 is 15.9 Å². The summed E-state index contributed by atoms with van der Waals surface area (Å²) in [5, 5.41) is 0. The van der Waals surface area contributed by atoms with E-state index in [0.29, 0.717) is 5.92 Å². The van der Waals surface area contributed by atoms with Gasteiger partial charge in [-0.3, -0.25) is 0 Å². The van der Waals surface area contributed by atoms with Crippen molar-refractivity contribution in [2.45, 2.75) is 33.2 Å². The van der Waals surface area contributed by atoms with Crippen molar-refractivity contribution < 1.29 is 0 Å². The van der Waals surface area contributed by atoms with Gasteiger partial charge in [0.15, 0.2) is 0 Å². The first-order valence-corrected chi connectivity index (χ1v) is 6.80. The lowest BCUT2D eigenvalue weighted by Crippen LogP contribution is -2.32. The van der Waals surface area contributed by atoms with Crippen molar-refractivity contribution in [2.24, 2.45) is 11.7 Å². The van der Waals surface area contributed by atoms with E-state index in [2.05, 4.69) is 59.7 Å². The highest BCUT2D eigenvalue weighted by Crippen LogP contribution is 2.20. The molecule has 0 bridgehead atoms. The molecule has 1 aromatic rings. The van der Waals surface area contributed by atoms with E-state index < -0.39 is 0 Å². The molecule has 1 rings (SSSR count). The Morgan fingerprint density at radius 1 is 1.47 bits per heavy atom. The van der Waals surface area contributed by atoms with E-state index in [0.717, 1.165) is 23.3 Å². The predicted octanol–water partition coefficient (Wildman–Crippen LogP) is 2.96. The van der Waals surface area contributed by atoms with E-state index in [1.165, 1.54) is 5.56 Å². The van der Waals surface area contributed by atoms with Crippen molar-refractivity contribution in [3.05, 3.63) is 22.3 Å². The fourth-order valence-electron chi connectivity index (χ4n) is 1.71. The second-order valence-corrected chi connectivity index (χ2v) is 5.83. The van der Waals surface area contributed by atoms with Gasteiger partial charge in [-0.25, -0.2) is 4.98 Å². The molecule has 4 heteroatoms. The highest BCUT2D eigenvalue weighted by atomic mass is 79.9. The molecule has 0 aliphatic heterocycles. The van der Waals surface area contributed by atoms with Gasteiger partial charge in [0.1, 0.15) is 5.82 Å². The fourth-order valence-corrected chi connectivity index (χ4v) is 2.16. The second kappa shape index (κ2) is 6.36. The lowest BCUT2D eigenvalue weighted by molar-refractivity contribution is 0.465. The Balaban J connectivity index is 2.61. The van der Waals surface area contributed by atoms with Crippen LogP contribution < -0.4 is 10.6 Å². The average Bonchev–Trinajstić information content (AvgIpc) is 2.25. The number of aryl methyl sites for hydroxylation is 1. The van der Waals surface area contributed by atoms with E-state index in [9.17, 15) is 0 Å². The third-order valence-corrected chi connectivity index (χ3v) is 3.47. The first-order chi connectivity index (χ1) is 7.91. The molecule has 1 atom stereocenters. The number of anilines is 1. The Bertz CT molecular complexity index is 366. The molecular formula is C13H22BrN3. The van der Waals surface area contributed by atoms with Crippen molar-refractivity contribution in [2.75, 3.05) is 18.5 Å². The molecule has 0 saturated heterocycles. The molecule has 96 valence electrons. The number of hydrogen-bond donors (Lipinski definition) is 1. The highest BCUT2D eigenvalue weighted by molar-refractivity contribution is 9.10. The quantitative estimate of drug-likeness (QED) is 0.909. The number of nitrogens with zero attached hydrogens (tertiary/aromatic N) is 2. The Morgan fingerprint density at radius 3 is 2.65 bits per heavy atom. The molecule has 2 N–H and O–H groups in total. The van der Waals surface area contributed by atoms with Gasteiger partial charge < -0.3 is 10.6 Å². The third-order valence-electron chi connectivity index (χ3n) is 3.03. The molecular weight excluding hydrogens is 278 g/mol. The van der Waals surface area contributed by atoms with Crippen molar-refractivity contribution in [3.63, 3.8) is 0 Å². The average molecular weight is 300 g/mol. The summed E-state index contributed by atoms with van der Waals surface area (Å²) in [5.41, 5.74) is 7.23. The Hall–Kier alpha value is -0.610. The molecule has 17 heavy (non-hydrogen) atoms. The van der Waals surface area contributed by atoms with E-state index in [4.69, 9.17) is 5.73 Å². The molecule has 0 radical (unpaired) electrons. The van der Waals surface area contributed by atoms with Gasteiger partial charge >= 0.3 is 0 Å². The van der Waals surface area contributed by atoms with Crippen molar-refractivity contribution >= 4 is 21.7 Å². The topological polar surface area (TPSA) is 42.2 Å². The highest BCUT2D eigenvalue weighted by Gasteiger charge is 2.11. The van der Waals surface area contributed by atoms with Gasteiger partial charge in [0.05, 0.1) is 0 Å². The summed E-state index contributed by atoms with van der Waals surface area (Å²) in [5.74, 6) is 1.56. The van der Waals surface area contributed by atoms with Crippen LogP contribution in [0.2, 0.25) is 0 Å². The molecule has 1 aromatic heterocycles. The van der Waals surface area contributed by atoms with Crippen LogP contribution in [0.15, 0.2) is 16.7 Å². The number of halogens is 1. The van der Waals surface area contributed by atoms with E-state index in [1.807, 2.05) is 6.20 Å². The number of rotatable bonds is 5. The van der Waals surface area contributed by atoms with Gasteiger partial charge in [0, 0.05) is 30.3 Å². The van der Waals surface area contributed by atoms with Crippen LogP contribution in [0.3, 0.4) is 0 Å². The Labute approximate surface area is 113 Å². The van der Waals surface area contributed by atoms with E-state index in [1.54, 1.807) is 0 Å². The molecule has 0 fully saturated rings. The largest absolute Gasteiger partial charge is 0.359 e. The second-order valence-electron chi connectivity index (χ2n) is 4.91. The summed E-state index contributed by atoms with van der Waals surface area (Å²) >= 11 is 3.43. The normalized spacial score (nSPS) is 12.9. The lowest BCUT2D eigenvalue weighted by atomic mass is 10.0. The zero-order valence-corrected chi connectivity index (χ0v) is 12.7. The summed E-state index contributed by atoms with van der Waals surface area (Å²) in [7, 11) is 2.07. The van der Waals surface area contributed by atoms with Gasteiger partial charge in [-0.15, -0.1) is 0 Å². The van der Waals surface area contributed by atoms with Crippen molar-refractivity contribution in [1.82, 2.24) is 4.98 Å². The summed E-state index contributed by atoms with van der Waals surface area (Å²) in [6.07, 6.45) is 2.83. The fraction of sp³-hybridized carbons (Fsp3) is 0.615. The minimum atomic E-state index is 0.258. The van der Waals surface area contributed by atoms with Gasteiger partial charge in [0.25, 0.3) is 0 Å². The minimum absolute atomic E-state index is 0.258. The van der Waals surface area contributed by atoms with Crippen LogP contribution in [-0.4, -0.2) is 24.6 Å². The van der Waals surface area contributed by atoms with Gasteiger partial charge in [0.2, 0.25) is 0 Å². The van der Waals surface area contributed by atoms with E-state index in [-0.39, 0.29) is 6.04 Å². The van der Waals surface area contributed by atoms with Crippen LogP contribution in [0.5, 0.6) is 0 Å². The molecule has 1 unspecified atom stereocenters. The molecule has 0 aliphatic rings. The standard InChI is InChI=1S/C13H22BrN3/c1-9(2)12(15)5-6-17(4)13-10(3)7-11(14)8-16-13/h7-9,12H,5-6,15H2,1-4H3.